The molecule has 1 amide bonds. The lowest BCUT2D eigenvalue weighted by atomic mass is 10.1. The monoisotopic (exact) mass is 411 g/mol. The van der Waals surface area contributed by atoms with E-state index in [1.165, 1.54) is 0 Å². The third-order valence-electron chi connectivity index (χ3n) is 4.58. The molecule has 0 saturated carbocycles. The maximum absolute atomic E-state index is 12.8. The molecule has 0 aliphatic carbocycles. The van der Waals surface area contributed by atoms with Gasteiger partial charge in [-0.1, -0.05) is 30.3 Å². The SMILES string of the molecule is O=C(NC1CCSCC1)c1ccccc1SCc1nnnn1-c1ccccc1. The minimum absolute atomic E-state index is 0.00245. The summed E-state index contributed by atoms with van der Waals surface area (Å²) in [6, 6.07) is 17.8. The molecule has 2 heterocycles. The zero-order chi connectivity index (χ0) is 19.2. The topological polar surface area (TPSA) is 72.7 Å². The number of amides is 1. The van der Waals surface area contributed by atoms with Crippen molar-refractivity contribution in [2.24, 2.45) is 0 Å². The van der Waals surface area contributed by atoms with Crippen LogP contribution < -0.4 is 5.32 Å². The van der Waals surface area contributed by atoms with Crippen LogP contribution >= 0.6 is 23.5 Å². The van der Waals surface area contributed by atoms with E-state index in [9.17, 15) is 4.79 Å². The Kier molecular flexibility index (Phi) is 6.28. The number of rotatable bonds is 6. The van der Waals surface area contributed by atoms with Crippen LogP contribution in [0.25, 0.3) is 5.69 Å². The van der Waals surface area contributed by atoms with Crippen LogP contribution in [0, 0.1) is 0 Å². The van der Waals surface area contributed by atoms with E-state index < -0.39 is 0 Å². The van der Waals surface area contributed by atoms with Crippen LogP contribution in [0.4, 0.5) is 0 Å². The molecule has 4 rings (SSSR count). The van der Waals surface area contributed by atoms with Crippen LogP contribution in [0.3, 0.4) is 0 Å². The van der Waals surface area contributed by atoms with Crippen molar-refractivity contribution >= 4 is 29.4 Å². The molecule has 0 atom stereocenters. The normalized spacial score (nSPS) is 14.7. The lowest BCUT2D eigenvalue weighted by Gasteiger charge is -2.23. The highest BCUT2D eigenvalue weighted by Crippen LogP contribution is 2.27. The Hall–Kier alpha value is -2.32. The first-order valence-electron chi connectivity index (χ1n) is 9.24. The summed E-state index contributed by atoms with van der Waals surface area (Å²) in [5.41, 5.74) is 1.63. The Morgan fingerprint density at radius 1 is 1.11 bits per heavy atom. The average molecular weight is 412 g/mol. The van der Waals surface area contributed by atoms with Gasteiger partial charge in [0.25, 0.3) is 5.91 Å². The highest BCUT2D eigenvalue weighted by atomic mass is 32.2. The summed E-state index contributed by atoms with van der Waals surface area (Å²) in [5.74, 6) is 3.55. The Morgan fingerprint density at radius 3 is 2.68 bits per heavy atom. The molecule has 6 nitrogen and oxygen atoms in total. The summed E-state index contributed by atoms with van der Waals surface area (Å²) in [6.45, 7) is 0. The lowest BCUT2D eigenvalue weighted by molar-refractivity contribution is 0.0932. The van der Waals surface area contributed by atoms with E-state index >= 15 is 0 Å². The number of nitrogens with one attached hydrogen (secondary N) is 1. The van der Waals surface area contributed by atoms with Gasteiger partial charge in [0.05, 0.1) is 17.0 Å². The first kappa shape index (κ1) is 19.0. The van der Waals surface area contributed by atoms with Crippen molar-refractivity contribution < 1.29 is 4.79 Å². The predicted molar refractivity (Wildman–Crippen MR) is 113 cm³/mol. The molecule has 1 aromatic heterocycles. The molecule has 144 valence electrons. The summed E-state index contributed by atoms with van der Waals surface area (Å²) in [7, 11) is 0. The van der Waals surface area contributed by atoms with Gasteiger partial charge in [-0.2, -0.15) is 16.4 Å². The summed E-state index contributed by atoms with van der Waals surface area (Å²) in [6.07, 6.45) is 2.08. The number of tetrazole rings is 1. The summed E-state index contributed by atoms with van der Waals surface area (Å²) in [5, 5.41) is 15.3. The maximum atomic E-state index is 12.8. The Labute approximate surface area is 172 Å². The predicted octanol–water partition coefficient (Wildman–Crippen LogP) is 3.58. The van der Waals surface area contributed by atoms with Gasteiger partial charge in [-0.15, -0.1) is 16.9 Å². The van der Waals surface area contributed by atoms with Gasteiger partial charge >= 0.3 is 0 Å². The minimum atomic E-state index is 0.00245. The number of aromatic nitrogens is 4. The second-order valence-electron chi connectivity index (χ2n) is 6.49. The number of thioether (sulfide) groups is 2. The molecule has 0 bridgehead atoms. The molecule has 2 aromatic carbocycles. The highest BCUT2D eigenvalue weighted by molar-refractivity contribution is 7.99. The number of hydrogen-bond donors (Lipinski definition) is 1. The smallest absolute Gasteiger partial charge is 0.252 e. The fraction of sp³-hybridized carbons (Fsp3) is 0.300. The van der Waals surface area contributed by atoms with Crippen molar-refractivity contribution in [1.29, 1.82) is 0 Å². The van der Waals surface area contributed by atoms with E-state index in [0.717, 1.165) is 40.8 Å². The standard InChI is InChI=1S/C20H21N5OS2/c26-20(21-15-10-12-27-13-11-15)17-8-4-5-9-18(17)28-14-19-22-23-24-25(19)16-6-2-1-3-7-16/h1-9,15H,10-14H2,(H,21,26). The van der Waals surface area contributed by atoms with Gasteiger partial charge in [0.1, 0.15) is 0 Å². The molecule has 28 heavy (non-hydrogen) atoms. The second kappa shape index (κ2) is 9.25. The third-order valence-corrected chi connectivity index (χ3v) is 6.70. The molecule has 0 radical (unpaired) electrons. The molecule has 1 saturated heterocycles. The van der Waals surface area contributed by atoms with Gasteiger partial charge in [0, 0.05) is 10.9 Å². The Bertz CT molecular complexity index is 925. The Morgan fingerprint density at radius 2 is 1.86 bits per heavy atom. The van der Waals surface area contributed by atoms with E-state index in [0.29, 0.717) is 11.3 Å². The number of para-hydroxylation sites is 1. The number of benzene rings is 2. The van der Waals surface area contributed by atoms with Gasteiger partial charge in [-0.05, 0) is 59.0 Å². The number of hydrogen-bond acceptors (Lipinski definition) is 6. The molecule has 8 heteroatoms. The van der Waals surface area contributed by atoms with Gasteiger partial charge < -0.3 is 5.32 Å². The molecular formula is C20H21N5OS2. The molecule has 3 aromatic rings. The lowest BCUT2D eigenvalue weighted by Crippen LogP contribution is -2.37. The molecule has 0 unspecified atom stereocenters. The van der Waals surface area contributed by atoms with Crippen molar-refractivity contribution in [3.63, 3.8) is 0 Å². The first-order valence-corrected chi connectivity index (χ1v) is 11.4. The van der Waals surface area contributed by atoms with Gasteiger partial charge in [0.15, 0.2) is 5.82 Å². The fourth-order valence-corrected chi connectivity index (χ4v) is 5.16. The third kappa shape index (κ3) is 4.56. The molecule has 0 spiro atoms. The van der Waals surface area contributed by atoms with Crippen molar-refractivity contribution in [2.45, 2.75) is 29.5 Å². The van der Waals surface area contributed by atoms with Gasteiger partial charge in [-0.3, -0.25) is 4.79 Å². The molecular weight excluding hydrogens is 390 g/mol. The van der Waals surface area contributed by atoms with Crippen molar-refractivity contribution in [1.82, 2.24) is 25.5 Å². The van der Waals surface area contributed by atoms with Crippen LogP contribution in [0.15, 0.2) is 59.5 Å². The number of carbonyl (C=O) groups is 1. The van der Waals surface area contributed by atoms with Crippen molar-refractivity contribution in [3.05, 3.63) is 66.0 Å². The minimum Gasteiger partial charge on any atom is -0.349 e. The zero-order valence-electron chi connectivity index (χ0n) is 15.3. The quantitative estimate of drug-likeness (QED) is 0.625. The summed E-state index contributed by atoms with van der Waals surface area (Å²) < 4.78 is 1.73. The fourth-order valence-electron chi connectivity index (χ4n) is 3.09. The van der Waals surface area contributed by atoms with Crippen molar-refractivity contribution in [2.75, 3.05) is 11.5 Å². The molecule has 1 aliphatic heterocycles. The van der Waals surface area contributed by atoms with Crippen molar-refractivity contribution in [3.8, 4) is 5.69 Å². The maximum Gasteiger partial charge on any atom is 0.252 e. The first-order chi connectivity index (χ1) is 13.8. The van der Waals surface area contributed by atoms with E-state index in [-0.39, 0.29) is 11.9 Å². The van der Waals surface area contributed by atoms with Gasteiger partial charge in [-0.25, -0.2) is 0 Å². The van der Waals surface area contributed by atoms with Crippen LogP contribution in [-0.2, 0) is 5.75 Å². The van der Waals surface area contributed by atoms with Crippen LogP contribution in [0.2, 0.25) is 0 Å². The number of carbonyl (C=O) groups excluding carboxylic acids is 1. The van der Waals surface area contributed by atoms with E-state index in [1.807, 2.05) is 66.4 Å². The zero-order valence-corrected chi connectivity index (χ0v) is 17.0. The molecule has 1 aliphatic rings. The largest absolute Gasteiger partial charge is 0.349 e. The second-order valence-corrected chi connectivity index (χ2v) is 8.73. The van der Waals surface area contributed by atoms with E-state index in [2.05, 4.69) is 20.8 Å². The highest BCUT2D eigenvalue weighted by Gasteiger charge is 2.19. The molecule has 1 N–H and O–H groups in total. The number of nitrogens with zero attached hydrogens (tertiary/aromatic N) is 4. The summed E-state index contributed by atoms with van der Waals surface area (Å²) >= 11 is 3.53. The van der Waals surface area contributed by atoms with E-state index in [1.54, 1.807) is 16.4 Å². The van der Waals surface area contributed by atoms with Crippen LogP contribution in [0.5, 0.6) is 0 Å². The molecule has 1 fully saturated rings. The Balaban J connectivity index is 1.46. The van der Waals surface area contributed by atoms with Gasteiger partial charge in [0.2, 0.25) is 0 Å². The van der Waals surface area contributed by atoms with E-state index in [4.69, 9.17) is 0 Å². The average Bonchev–Trinajstić information content (AvgIpc) is 3.22. The summed E-state index contributed by atoms with van der Waals surface area (Å²) in [4.78, 5) is 13.7. The van der Waals surface area contributed by atoms with Crippen LogP contribution in [-0.4, -0.2) is 43.7 Å². The van der Waals surface area contributed by atoms with Crippen LogP contribution in [0.1, 0.15) is 29.0 Å².